The highest BCUT2D eigenvalue weighted by molar-refractivity contribution is 5.92. The number of aromatic nitrogens is 2. The van der Waals surface area contributed by atoms with E-state index in [4.69, 9.17) is 0 Å². The van der Waals surface area contributed by atoms with E-state index in [1.807, 2.05) is 50.2 Å². The summed E-state index contributed by atoms with van der Waals surface area (Å²) >= 11 is 0. The number of hydrogen-bond acceptors (Lipinski definition) is 4. The van der Waals surface area contributed by atoms with Gasteiger partial charge in [0.2, 0.25) is 5.95 Å². The molecule has 1 aliphatic heterocycles. The lowest BCUT2D eigenvalue weighted by Crippen LogP contribution is -2.26. The maximum absolute atomic E-state index is 12.7. The normalized spacial score (nSPS) is 12.7. The van der Waals surface area contributed by atoms with Crippen molar-refractivity contribution in [2.75, 3.05) is 11.4 Å². The molecule has 2 aromatic carbocycles. The molecule has 1 aromatic heterocycles. The molecule has 0 radical (unpaired) electrons. The van der Waals surface area contributed by atoms with Crippen molar-refractivity contribution in [1.29, 1.82) is 0 Å². The number of anilines is 2. The second-order valence-corrected chi connectivity index (χ2v) is 6.83. The summed E-state index contributed by atoms with van der Waals surface area (Å²) in [5, 5.41) is 2.97. The quantitative estimate of drug-likeness (QED) is 0.772. The molecule has 5 nitrogen and oxygen atoms in total. The van der Waals surface area contributed by atoms with Crippen LogP contribution in [0, 0.1) is 13.8 Å². The van der Waals surface area contributed by atoms with Crippen molar-refractivity contribution in [1.82, 2.24) is 15.3 Å². The third-order valence-corrected chi connectivity index (χ3v) is 4.90. The molecule has 1 amide bonds. The molecule has 0 spiro atoms. The minimum atomic E-state index is -0.183. The Bertz CT molecular complexity index is 999. The number of amides is 1. The summed E-state index contributed by atoms with van der Waals surface area (Å²) in [6.07, 6.45) is 0.961. The van der Waals surface area contributed by atoms with Crippen molar-refractivity contribution in [3.8, 4) is 0 Å². The number of para-hydroxylation sites is 1. The Labute approximate surface area is 159 Å². The van der Waals surface area contributed by atoms with Gasteiger partial charge in [-0.2, -0.15) is 0 Å². The summed E-state index contributed by atoms with van der Waals surface area (Å²) in [5.41, 5.74) is 5.85. The van der Waals surface area contributed by atoms with E-state index >= 15 is 0 Å². The molecular formula is C22H22N4O. The largest absolute Gasteiger partial charge is 0.347 e. The first-order valence-corrected chi connectivity index (χ1v) is 9.15. The Kier molecular flexibility index (Phi) is 4.59. The fraction of sp³-hybridized carbons (Fsp3) is 0.227. The van der Waals surface area contributed by atoms with E-state index in [-0.39, 0.29) is 5.91 Å². The van der Waals surface area contributed by atoms with Gasteiger partial charge in [0.15, 0.2) is 0 Å². The lowest BCUT2D eigenvalue weighted by atomic mass is 10.1. The van der Waals surface area contributed by atoms with Crippen molar-refractivity contribution in [2.24, 2.45) is 0 Å². The lowest BCUT2D eigenvalue weighted by molar-refractivity contribution is 0.0945. The van der Waals surface area contributed by atoms with Gasteiger partial charge in [-0.25, -0.2) is 9.97 Å². The van der Waals surface area contributed by atoms with E-state index in [2.05, 4.69) is 32.3 Å². The summed E-state index contributed by atoms with van der Waals surface area (Å²) in [4.78, 5) is 23.9. The maximum Gasteiger partial charge on any atom is 0.270 e. The van der Waals surface area contributed by atoms with Crippen LogP contribution in [0.5, 0.6) is 0 Å². The fourth-order valence-electron chi connectivity index (χ4n) is 3.41. The number of benzene rings is 2. The van der Waals surface area contributed by atoms with Crippen LogP contribution in [0.3, 0.4) is 0 Å². The summed E-state index contributed by atoms with van der Waals surface area (Å²) in [5.74, 6) is 0.401. The molecule has 1 aliphatic rings. The average molecular weight is 358 g/mol. The van der Waals surface area contributed by atoms with Crippen LogP contribution in [0.2, 0.25) is 0 Å². The fourth-order valence-corrected chi connectivity index (χ4v) is 3.41. The molecule has 0 saturated heterocycles. The van der Waals surface area contributed by atoms with Gasteiger partial charge in [0.05, 0.1) is 0 Å². The molecule has 4 rings (SSSR count). The van der Waals surface area contributed by atoms with Crippen LogP contribution in [0.4, 0.5) is 11.6 Å². The van der Waals surface area contributed by atoms with Gasteiger partial charge >= 0.3 is 0 Å². The molecule has 0 saturated carbocycles. The first-order chi connectivity index (χ1) is 13.1. The monoisotopic (exact) mass is 358 g/mol. The van der Waals surface area contributed by atoms with Crippen molar-refractivity contribution < 1.29 is 4.79 Å². The van der Waals surface area contributed by atoms with Crippen LogP contribution in [0.25, 0.3) is 0 Å². The Hall–Kier alpha value is -3.21. The summed E-state index contributed by atoms with van der Waals surface area (Å²) in [7, 11) is 0. The molecule has 136 valence electrons. The van der Waals surface area contributed by atoms with Crippen LogP contribution in [0.15, 0.2) is 54.6 Å². The third kappa shape index (κ3) is 3.53. The Morgan fingerprint density at radius 1 is 1.07 bits per heavy atom. The van der Waals surface area contributed by atoms with E-state index in [1.54, 1.807) is 6.07 Å². The van der Waals surface area contributed by atoms with Crippen molar-refractivity contribution in [2.45, 2.75) is 26.8 Å². The molecule has 1 N–H and O–H groups in total. The number of nitrogens with zero attached hydrogens (tertiary/aromatic N) is 3. The van der Waals surface area contributed by atoms with Crippen LogP contribution >= 0.6 is 0 Å². The Morgan fingerprint density at radius 3 is 2.70 bits per heavy atom. The number of hydrogen-bond donors (Lipinski definition) is 1. The highest BCUT2D eigenvalue weighted by atomic mass is 16.1. The molecule has 27 heavy (non-hydrogen) atoms. The van der Waals surface area contributed by atoms with E-state index in [1.165, 1.54) is 5.56 Å². The molecule has 0 bridgehead atoms. The van der Waals surface area contributed by atoms with Gasteiger partial charge < -0.3 is 10.2 Å². The molecule has 3 aromatic rings. The van der Waals surface area contributed by atoms with Gasteiger partial charge in [-0.3, -0.25) is 4.79 Å². The lowest BCUT2D eigenvalue weighted by Gasteiger charge is -2.18. The molecule has 0 atom stereocenters. The second kappa shape index (κ2) is 7.19. The smallest absolute Gasteiger partial charge is 0.270 e. The SMILES string of the molecule is Cc1cc(C(=O)NCc2ccccc2C)nc(N2CCc3ccccc32)n1. The predicted molar refractivity (Wildman–Crippen MR) is 106 cm³/mol. The minimum Gasteiger partial charge on any atom is -0.347 e. The van der Waals surface area contributed by atoms with E-state index in [9.17, 15) is 4.79 Å². The summed E-state index contributed by atoms with van der Waals surface area (Å²) in [6.45, 7) is 5.24. The van der Waals surface area contributed by atoms with Gasteiger partial charge in [-0.05, 0) is 49.1 Å². The molecule has 0 unspecified atom stereocenters. The van der Waals surface area contributed by atoms with Crippen molar-refractivity contribution in [3.63, 3.8) is 0 Å². The maximum atomic E-state index is 12.7. The molecular weight excluding hydrogens is 336 g/mol. The summed E-state index contributed by atoms with van der Waals surface area (Å²) in [6, 6.07) is 18.0. The van der Waals surface area contributed by atoms with Gasteiger partial charge in [0.1, 0.15) is 5.69 Å². The Morgan fingerprint density at radius 2 is 1.85 bits per heavy atom. The first kappa shape index (κ1) is 17.2. The van der Waals surface area contributed by atoms with E-state index in [0.29, 0.717) is 18.2 Å². The number of fused-ring (bicyclic) bond motifs is 1. The van der Waals surface area contributed by atoms with Crippen molar-refractivity contribution >= 4 is 17.5 Å². The van der Waals surface area contributed by atoms with Gasteiger partial charge in [0.25, 0.3) is 5.91 Å². The van der Waals surface area contributed by atoms with Gasteiger partial charge in [-0.15, -0.1) is 0 Å². The molecule has 2 heterocycles. The number of rotatable bonds is 4. The van der Waals surface area contributed by atoms with E-state index < -0.39 is 0 Å². The number of nitrogens with one attached hydrogen (secondary N) is 1. The van der Waals surface area contributed by atoms with Crippen molar-refractivity contribution in [3.05, 3.63) is 82.7 Å². The highest BCUT2D eigenvalue weighted by Gasteiger charge is 2.23. The number of aryl methyl sites for hydroxylation is 2. The average Bonchev–Trinajstić information content (AvgIpc) is 3.11. The molecule has 0 fully saturated rings. The molecule has 5 heteroatoms. The van der Waals surface area contributed by atoms with Crippen LogP contribution < -0.4 is 10.2 Å². The first-order valence-electron chi connectivity index (χ1n) is 9.15. The highest BCUT2D eigenvalue weighted by Crippen LogP contribution is 2.32. The minimum absolute atomic E-state index is 0.183. The zero-order chi connectivity index (χ0) is 18.8. The second-order valence-electron chi connectivity index (χ2n) is 6.83. The van der Waals surface area contributed by atoms with E-state index in [0.717, 1.165) is 35.5 Å². The van der Waals surface area contributed by atoms with Crippen LogP contribution in [-0.4, -0.2) is 22.4 Å². The molecule has 0 aliphatic carbocycles. The summed E-state index contributed by atoms with van der Waals surface area (Å²) < 4.78 is 0. The number of carbonyl (C=O) groups excluding carboxylic acids is 1. The van der Waals surface area contributed by atoms with Crippen LogP contribution in [0.1, 0.15) is 32.9 Å². The van der Waals surface area contributed by atoms with Gasteiger partial charge in [-0.1, -0.05) is 42.5 Å². The topological polar surface area (TPSA) is 58.1 Å². The number of carbonyl (C=O) groups is 1. The predicted octanol–water partition coefficient (Wildman–Crippen LogP) is 3.72. The zero-order valence-electron chi connectivity index (χ0n) is 15.6. The van der Waals surface area contributed by atoms with Crippen LogP contribution in [-0.2, 0) is 13.0 Å². The standard InChI is InChI=1S/C22H22N4O/c1-15-7-3-4-9-18(15)14-23-21(27)19-13-16(2)24-22(25-19)26-12-11-17-8-5-6-10-20(17)26/h3-10,13H,11-12,14H2,1-2H3,(H,23,27). The third-order valence-electron chi connectivity index (χ3n) is 4.90. The van der Waals surface area contributed by atoms with Gasteiger partial charge in [0, 0.05) is 24.5 Å². The Balaban J connectivity index is 1.56. The zero-order valence-corrected chi connectivity index (χ0v) is 15.6.